The average Bonchev–Trinajstić information content (AvgIpc) is 2.61. The standard InChI is InChI=1S/C19H19NO4/c1-12-18(24-17-9-5-4-8-16(17)23-12)19(21)20-14-10-11-22-15-7-3-2-6-13(14)15/h2-9,12,14,18H,10-11H2,1H3,(H,20,21)/t12-,14+,18+/m0/s1. The maximum Gasteiger partial charge on any atom is 0.265 e. The molecule has 0 radical (unpaired) electrons. The zero-order valence-corrected chi connectivity index (χ0v) is 13.4. The predicted octanol–water partition coefficient (Wildman–Crippen LogP) is 2.85. The molecule has 1 N–H and O–H groups in total. The second kappa shape index (κ2) is 6.07. The predicted molar refractivity (Wildman–Crippen MR) is 88.4 cm³/mol. The van der Waals surface area contributed by atoms with E-state index in [1.165, 1.54) is 0 Å². The first-order valence-electron chi connectivity index (χ1n) is 8.17. The summed E-state index contributed by atoms with van der Waals surface area (Å²) in [6.45, 7) is 2.43. The van der Waals surface area contributed by atoms with Gasteiger partial charge in [-0.25, -0.2) is 0 Å². The summed E-state index contributed by atoms with van der Waals surface area (Å²) in [6, 6.07) is 15.1. The summed E-state index contributed by atoms with van der Waals surface area (Å²) in [5, 5.41) is 3.08. The Kier molecular flexibility index (Phi) is 3.76. The first-order chi connectivity index (χ1) is 11.7. The molecule has 1 amide bonds. The largest absolute Gasteiger partial charge is 0.493 e. The maximum absolute atomic E-state index is 12.7. The lowest BCUT2D eigenvalue weighted by Gasteiger charge is -2.33. The second-order valence-corrected chi connectivity index (χ2v) is 6.04. The molecular formula is C19H19NO4. The van der Waals surface area contributed by atoms with Gasteiger partial charge >= 0.3 is 0 Å². The van der Waals surface area contributed by atoms with Crippen LogP contribution in [0.5, 0.6) is 17.2 Å². The van der Waals surface area contributed by atoms with Gasteiger partial charge in [-0.05, 0) is 25.1 Å². The molecule has 0 unspecified atom stereocenters. The number of para-hydroxylation sites is 3. The lowest BCUT2D eigenvalue weighted by molar-refractivity contribution is -0.134. The van der Waals surface area contributed by atoms with Gasteiger partial charge in [0.25, 0.3) is 5.91 Å². The molecule has 5 heteroatoms. The van der Waals surface area contributed by atoms with Gasteiger partial charge in [0.15, 0.2) is 11.5 Å². The number of hydrogen-bond donors (Lipinski definition) is 1. The number of nitrogens with one attached hydrogen (secondary N) is 1. The van der Waals surface area contributed by atoms with E-state index in [9.17, 15) is 4.79 Å². The van der Waals surface area contributed by atoms with Gasteiger partial charge in [-0.15, -0.1) is 0 Å². The number of amides is 1. The highest BCUT2D eigenvalue weighted by Gasteiger charge is 2.35. The molecule has 0 aromatic heterocycles. The number of carbonyl (C=O) groups excluding carboxylic acids is 1. The number of ether oxygens (including phenoxy) is 3. The van der Waals surface area contributed by atoms with Crippen molar-refractivity contribution in [2.75, 3.05) is 6.61 Å². The van der Waals surface area contributed by atoms with E-state index in [1.54, 1.807) is 0 Å². The van der Waals surface area contributed by atoms with Crippen LogP contribution in [-0.2, 0) is 4.79 Å². The number of hydrogen-bond acceptors (Lipinski definition) is 4. The van der Waals surface area contributed by atoms with Crippen LogP contribution in [0.2, 0.25) is 0 Å². The molecule has 3 atom stereocenters. The van der Waals surface area contributed by atoms with Crippen molar-refractivity contribution in [3.05, 3.63) is 54.1 Å². The van der Waals surface area contributed by atoms with E-state index in [0.717, 1.165) is 17.7 Å². The molecule has 124 valence electrons. The van der Waals surface area contributed by atoms with Crippen molar-refractivity contribution in [1.82, 2.24) is 5.32 Å². The van der Waals surface area contributed by atoms with Crippen molar-refractivity contribution in [2.45, 2.75) is 31.6 Å². The van der Waals surface area contributed by atoms with Crippen molar-refractivity contribution in [2.24, 2.45) is 0 Å². The average molecular weight is 325 g/mol. The van der Waals surface area contributed by atoms with Crippen LogP contribution in [0.1, 0.15) is 24.9 Å². The molecule has 0 aliphatic carbocycles. The van der Waals surface area contributed by atoms with Crippen LogP contribution in [0.25, 0.3) is 0 Å². The highest BCUT2D eigenvalue weighted by atomic mass is 16.6. The topological polar surface area (TPSA) is 56.8 Å². The highest BCUT2D eigenvalue weighted by molar-refractivity contribution is 5.83. The van der Waals surface area contributed by atoms with Crippen LogP contribution < -0.4 is 19.5 Å². The summed E-state index contributed by atoms with van der Waals surface area (Å²) < 4.78 is 17.3. The third-order valence-corrected chi connectivity index (χ3v) is 4.38. The van der Waals surface area contributed by atoms with E-state index in [1.807, 2.05) is 55.5 Å². The minimum absolute atomic E-state index is 0.0737. The summed E-state index contributed by atoms with van der Waals surface area (Å²) in [5.74, 6) is 1.93. The van der Waals surface area contributed by atoms with Crippen LogP contribution in [0.15, 0.2) is 48.5 Å². The fourth-order valence-electron chi connectivity index (χ4n) is 3.15. The molecule has 2 aliphatic heterocycles. The summed E-state index contributed by atoms with van der Waals surface area (Å²) in [4.78, 5) is 12.7. The van der Waals surface area contributed by atoms with Crippen LogP contribution in [-0.4, -0.2) is 24.7 Å². The molecule has 0 bridgehead atoms. The van der Waals surface area contributed by atoms with Crippen LogP contribution in [0, 0.1) is 0 Å². The van der Waals surface area contributed by atoms with E-state index in [-0.39, 0.29) is 18.1 Å². The Hall–Kier alpha value is -2.69. The van der Waals surface area contributed by atoms with E-state index < -0.39 is 6.10 Å². The highest BCUT2D eigenvalue weighted by Crippen LogP contribution is 2.35. The lowest BCUT2D eigenvalue weighted by atomic mass is 10.00. The fraction of sp³-hybridized carbons (Fsp3) is 0.316. The molecule has 2 aromatic carbocycles. The van der Waals surface area contributed by atoms with Gasteiger partial charge in [0.05, 0.1) is 12.6 Å². The van der Waals surface area contributed by atoms with Crippen molar-refractivity contribution in [3.63, 3.8) is 0 Å². The Labute approximate surface area is 140 Å². The third-order valence-electron chi connectivity index (χ3n) is 4.38. The van der Waals surface area contributed by atoms with Crippen molar-refractivity contribution in [1.29, 1.82) is 0 Å². The lowest BCUT2D eigenvalue weighted by Crippen LogP contribution is -2.50. The van der Waals surface area contributed by atoms with Gasteiger partial charge in [0.1, 0.15) is 11.9 Å². The van der Waals surface area contributed by atoms with Crippen molar-refractivity contribution in [3.8, 4) is 17.2 Å². The van der Waals surface area contributed by atoms with E-state index in [2.05, 4.69) is 5.32 Å². The van der Waals surface area contributed by atoms with E-state index >= 15 is 0 Å². The van der Waals surface area contributed by atoms with Crippen molar-refractivity contribution >= 4 is 5.91 Å². The summed E-state index contributed by atoms with van der Waals surface area (Å²) in [6.07, 6.45) is -0.286. The normalized spacial score (nSPS) is 24.5. The molecule has 4 rings (SSSR count). The van der Waals surface area contributed by atoms with Crippen LogP contribution in [0.3, 0.4) is 0 Å². The first kappa shape index (κ1) is 14.9. The van der Waals surface area contributed by atoms with Gasteiger partial charge in [0, 0.05) is 12.0 Å². The maximum atomic E-state index is 12.7. The third kappa shape index (κ3) is 2.66. The Morgan fingerprint density at radius 1 is 1.00 bits per heavy atom. The summed E-state index contributed by atoms with van der Waals surface area (Å²) >= 11 is 0. The smallest absolute Gasteiger partial charge is 0.265 e. The van der Waals surface area contributed by atoms with E-state index in [0.29, 0.717) is 18.1 Å². The molecule has 2 aliphatic rings. The first-order valence-corrected chi connectivity index (χ1v) is 8.17. The van der Waals surface area contributed by atoms with Crippen LogP contribution >= 0.6 is 0 Å². The molecule has 0 saturated heterocycles. The molecule has 0 saturated carbocycles. The number of fused-ring (bicyclic) bond motifs is 2. The van der Waals surface area contributed by atoms with Gasteiger partial charge in [-0.2, -0.15) is 0 Å². The quantitative estimate of drug-likeness (QED) is 0.922. The molecule has 5 nitrogen and oxygen atoms in total. The Morgan fingerprint density at radius 3 is 2.46 bits per heavy atom. The Morgan fingerprint density at radius 2 is 1.67 bits per heavy atom. The zero-order valence-electron chi connectivity index (χ0n) is 13.4. The van der Waals surface area contributed by atoms with Crippen molar-refractivity contribution < 1.29 is 19.0 Å². The number of benzene rings is 2. The van der Waals surface area contributed by atoms with Gasteiger partial charge in [0.2, 0.25) is 6.10 Å². The molecule has 2 aromatic rings. The molecular weight excluding hydrogens is 306 g/mol. The summed E-state index contributed by atoms with van der Waals surface area (Å²) in [5.41, 5.74) is 1.00. The minimum Gasteiger partial charge on any atom is -0.493 e. The minimum atomic E-state index is -0.671. The number of carbonyl (C=O) groups is 1. The Bertz CT molecular complexity index is 761. The Balaban J connectivity index is 1.51. The SMILES string of the molecule is C[C@@H]1Oc2ccccc2O[C@H]1C(=O)N[C@@H]1CCOc2ccccc21. The molecule has 0 fully saturated rings. The molecule has 24 heavy (non-hydrogen) atoms. The van der Waals surface area contributed by atoms with Crippen LogP contribution in [0.4, 0.5) is 0 Å². The number of rotatable bonds is 2. The monoisotopic (exact) mass is 325 g/mol. The fourth-order valence-corrected chi connectivity index (χ4v) is 3.15. The van der Waals surface area contributed by atoms with E-state index in [4.69, 9.17) is 14.2 Å². The summed E-state index contributed by atoms with van der Waals surface area (Å²) in [7, 11) is 0. The van der Waals surface area contributed by atoms with Gasteiger partial charge in [-0.3, -0.25) is 4.79 Å². The second-order valence-electron chi connectivity index (χ2n) is 6.04. The molecule has 2 heterocycles. The van der Waals surface area contributed by atoms with Gasteiger partial charge < -0.3 is 19.5 Å². The zero-order chi connectivity index (χ0) is 16.5. The van der Waals surface area contributed by atoms with Gasteiger partial charge in [-0.1, -0.05) is 30.3 Å². The molecule has 0 spiro atoms.